The van der Waals surface area contributed by atoms with Gasteiger partial charge in [-0.15, -0.1) is 11.3 Å². The van der Waals surface area contributed by atoms with E-state index >= 15 is 0 Å². The first kappa shape index (κ1) is 20.4. The Morgan fingerprint density at radius 2 is 1.82 bits per heavy atom. The van der Waals surface area contributed by atoms with Crippen molar-refractivity contribution in [3.05, 3.63) is 81.0 Å². The van der Waals surface area contributed by atoms with Crippen LogP contribution in [-0.2, 0) is 16.6 Å². The number of sulfonamides is 1. The second kappa shape index (κ2) is 8.34. The smallest absolute Gasteiger partial charge is 0.264 e. The Labute approximate surface area is 173 Å². The highest BCUT2D eigenvalue weighted by atomic mass is 35.5. The van der Waals surface area contributed by atoms with Crippen molar-refractivity contribution in [3.63, 3.8) is 0 Å². The number of para-hydroxylation sites is 1. The van der Waals surface area contributed by atoms with Gasteiger partial charge in [0, 0.05) is 16.8 Å². The molecule has 5 nitrogen and oxygen atoms in total. The number of benzene rings is 2. The molecule has 0 fully saturated rings. The van der Waals surface area contributed by atoms with E-state index in [0.29, 0.717) is 12.2 Å². The van der Waals surface area contributed by atoms with Gasteiger partial charge in [-0.1, -0.05) is 29.8 Å². The molecule has 28 heavy (non-hydrogen) atoms. The van der Waals surface area contributed by atoms with Gasteiger partial charge in [-0.05, 0) is 49.4 Å². The van der Waals surface area contributed by atoms with Gasteiger partial charge < -0.3 is 5.32 Å². The van der Waals surface area contributed by atoms with Crippen LogP contribution in [0.25, 0.3) is 0 Å². The molecule has 2 aromatic carbocycles. The Kier molecular flexibility index (Phi) is 6.07. The van der Waals surface area contributed by atoms with Crippen LogP contribution in [0.3, 0.4) is 0 Å². The van der Waals surface area contributed by atoms with Crippen LogP contribution in [0.5, 0.6) is 0 Å². The standard InChI is InChI=1S/C20H19ClN2O3S2/c1-14-8-9-16(27-14)13-22-20(24)18-12-17(10-11-19(18)21)28(25,26)23(2)15-6-4-3-5-7-15/h3-12H,13H2,1-2H3,(H,22,24). The first-order chi connectivity index (χ1) is 13.3. The van der Waals surface area contributed by atoms with Gasteiger partial charge in [0.1, 0.15) is 0 Å². The van der Waals surface area contributed by atoms with Crippen molar-refractivity contribution in [3.8, 4) is 0 Å². The van der Waals surface area contributed by atoms with Crippen LogP contribution in [0.15, 0.2) is 65.6 Å². The Morgan fingerprint density at radius 1 is 1.11 bits per heavy atom. The Bertz CT molecular complexity index is 1100. The molecule has 0 bridgehead atoms. The van der Waals surface area contributed by atoms with Crippen molar-refractivity contribution < 1.29 is 13.2 Å². The van der Waals surface area contributed by atoms with E-state index < -0.39 is 15.9 Å². The van der Waals surface area contributed by atoms with E-state index in [0.717, 1.165) is 9.75 Å². The largest absolute Gasteiger partial charge is 0.347 e. The molecule has 146 valence electrons. The molecule has 0 aliphatic carbocycles. The third-order valence-electron chi connectivity index (χ3n) is 4.18. The number of amides is 1. The van der Waals surface area contributed by atoms with Crippen molar-refractivity contribution >= 4 is 44.6 Å². The predicted molar refractivity (Wildman–Crippen MR) is 114 cm³/mol. The fraction of sp³-hybridized carbons (Fsp3) is 0.150. The minimum Gasteiger partial charge on any atom is -0.347 e. The lowest BCUT2D eigenvalue weighted by molar-refractivity contribution is 0.0951. The second-order valence-electron chi connectivity index (χ2n) is 6.14. The number of nitrogens with zero attached hydrogens (tertiary/aromatic N) is 1. The zero-order chi connectivity index (χ0) is 20.3. The summed E-state index contributed by atoms with van der Waals surface area (Å²) in [6.45, 7) is 2.35. The van der Waals surface area contributed by atoms with Crippen LogP contribution >= 0.6 is 22.9 Å². The highest BCUT2D eigenvalue weighted by Gasteiger charge is 2.23. The number of rotatable bonds is 6. The van der Waals surface area contributed by atoms with E-state index in [9.17, 15) is 13.2 Å². The summed E-state index contributed by atoms with van der Waals surface area (Å²) < 4.78 is 27.1. The lowest BCUT2D eigenvalue weighted by Gasteiger charge is -2.20. The Morgan fingerprint density at radius 3 is 2.46 bits per heavy atom. The summed E-state index contributed by atoms with van der Waals surface area (Å²) in [6.07, 6.45) is 0. The summed E-state index contributed by atoms with van der Waals surface area (Å²) in [6, 6.07) is 16.8. The molecule has 1 aromatic heterocycles. The molecule has 1 N–H and O–H groups in total. The number of thiophene rings is 1. The number of aryl methyl sites for hydroxylation is 1. The highest BCUT2D eigenvalue weighted by Crippen LogP contribution is 2.26. The minimum atomic E-state index is -3.83. The summed E-state index contributed by atoms with van der Waals surface area (Å²) in [5.41, 5.74) is 0.647. The quantitative estimate of drug-likeness (QED) is 0.622. The number of carbonyl (C=O) groups excluding carboxylic acids is 1. The average molecular weight is 435 g/mol. The lowest BCUT2D eigenvalue weighted by Crippen LogP contribution is -2.27. The van der Waals surface area contributed by atoms with Crippen molar-refractivity contribution in [2.75, 3.05) is 11.4 Å². The van der Waals surface area contributed by atoms with Crippen LogP contribution in [0.1, 0.15) is 20.1 Å². The number of carbonyl (C=O) groups is 1. The van der Waals surface area contributed by atoms with Crippen molar-refractivity contribution in [2.45, 2.75) is 18.4 Å². The molecule has 0 saturated heterocycles. The van der Waals surface area contributed by atoms with E-state index in [1.807, 2.05) is 25.1 Å². The van der Waals surface area contributed by atoms with Crippen LogP contribution in [0, 0.1) is 6.92 Å². The molecule has 3 aromatic rings. The number of hydrogen-bond donors (Lipinski definition) is 1. The maximum Gasteiger partial charge on any atom is 0.264 e. The molecule has 0 unspecified atom stereocenters. The first-order valence-corrected chi connectivity index (χ1v) is 11.1. The summed E-state index contributed by atoms with van der Waals surface area (Å²) in [4.78, 5) is 14.7. The Balaban J connectivity index is 1.85. The molecule has 8 heteroatoms. The lowest BCUT2D eigenvalue weighted by atomic mass is 10.2. The maximum absolute atomic E-state index is 13.0. The van der Waals surface area contributed by atoms with Gasteiger partial charge in [-0.2, -0.15) is 0 Å². The highest BCUT2D eigenvalue weighted by molar-refractivity contribution is 7.92. The molecule has 3 rings (SSSR count). The van der Waals surface area contributed by atoms with E-state index in [2.05, 4.69) is 5.32 Å². The fourth-order valence-electron chi connectivity index (χ4n) is 2.62. The topological polar surface area (TPSA) is 66.5 Å². The molecular formula is C20H19ClN2O3S2. The summed E-state index contributed by atoms with van der Waals surface area (Å²) >= 11 is 7.74. The molecule has 0 aliphatic heterocycles. The van der Waals surface area contributed by atoms with Crippen molar-refractivity contribution in [2.24, 2.45) is 0 Å². The van der Waals surface area contributed by atoms with Gasteiger partial charge in [0.25, 0.3) is 15.9 Å². The molecule has 0 saturated carbocycles. The van der Waals surface area contributed by atoms with E-state index in [1.54, 1.807) is 35.6 Å². The maximum atomic E-state index is 13.0. The van der Waals surface area contributed by atoms with E-state index in [-0.39, 0.29) is 15.5 Å². The SMILES string of the molecule is Cc1ccc(CNC(=O)c2cc(S(=O)(=O)N(C)c3ccccc3)ccc2Cl)s1. The van der Waals surface area contributed by atoms with Crippen LogP contribution in [0.4, 0.5) is 5.69 Å². The molecule has 1 amide bonds. The first-order valence-electron chi connectivity index (χ1n) is 8.46. The molecule has 1 heterocycles. The monoisotopic (exact) mass is 434 g/mol. The van der Waals surface area contributed by atoms with E-state index in [1.165, 1.54) is 29.6 Å². The molecular weight excluding hydrogens is 416 g/mol. The van der Waals surface area contributed by atoms with Gasteiger partial charge in [0.05, 0.1) is 27.7 Å². The fourth-order valence-corrected chi connectivity index (χ4v) is 4.87. The predicted octanol–water partition coefficient (Wildman–Crippen LogP) is 4.47. The third kappa shape index (κ3) is 4.38. The minimum absolute atomic E-state index is 0.000344. The summed E-state index contributed by atoms with van der Waals surface area (Å²) in [5.74, 6) is -0.421. The van der Waals surface area contributed by atoms with Gasteiger partial charge in [0.2, 0.25) is 0 Å². The molecule has 0 radical (unpaired) electrons. The average Bonchev–Trinajstić information content (AvgIpc) is 3.11. The van der Waals surface area contributed by atoms with Crippen molar-refractivity contribution in [1.82, 2.24) is 5.32 Å². The van der Waals surface area contributed by atoms with E-state index in [4.69, 9.17) is 11.6 Å². The molecule has 0 spiro atoms. The zero-order valence-electron chi connectivity index (χ0n) is 15.3. The second-order valence-corrected chi connectivity index (χ2v) is 9.89. The summed E-state index contributed by atoms with van der Waals surface area (Å²) in [7, 11) is -2.36. The van der Waals surface area contributed by atoms with Crippen molar-refractivity contribution in [1.29, 1.82) is 0 Å². The Hall–Kier alpha value is -2.35. The molecule has 0 atom stereocenters. The normalized spacial score (nSPS) is 11.2. The van der Waals surface area contributed by atoms with Gasteiger partial charge >= 0.3 is 0 Å². The molecule has 0 aliphatic rings. The number of nitrogens with one attached hydrogen (secondary N) is 1. The van der Waals surface area contributed by atoms with Gasteiger partial charge in [0.15, 0.2) is 0 Å². The van der Waals surface area contributed by atoms with Crippen LogP contribution in [-0.4, -0.2) is 21.4 Å². The van der Waals surface area contributed by atoms with Crippen LogP contribution in [0.2, 0.25) is 5.02 Å². The third-order valence-corrected chi connectivity index (χ3v) is 7.29. The van der Waals surface area contributed by atoms with Gasteiger partial charge in [-0.25, -0.2) is 8.42 Å². The summed E-state index contributed by atoms with van der Waals surface area (Å²) in [5, 5.41) is 2.98. The zero-order valence-corrected chi connectivity index (χ0v) is 17.7. The number of anilines is 1. The van der Waals surface area contributed by atoms with Gasteiger partial charge in [-0.3, -0.25) is 9.10 Å². The van der Waals surface area contributed by atoms with Crippen LogP contribution < -0.4 is 9.62 Å². The number of hydrogen-bond acceptors (Lipinski definition) is 4. The number of halogens is 1.